The number of aldehydes is 2. The monoisotopic (exact) mass is 304 g/mol. The lowest BCUT2D eigenvalue weighted by Gasteiger charge is -2.04. The molecule has 0 fully saturated rings. The Morgan fingerprint density at radius 2 is 1.59 bits per heavy atom. The molecule has 6 heteroatoms. The Labute approximate surface area is 127 Å². The van der Waals surface area contributed by atoms with E-state index in [0.29, 0.717) is 17.4 Å². The molecule has 0 atom stereocenters. The fraction of sp³-hybridized carbons (Fsp3) is 0.125. The molecule has 0 bridgehead atoms. The molecule has 0 spiro atoms. The summed E-state index contributed by atoms with van der Waals surface area (Å²) in [5.74, 6) is 0.766. The largest absolute Gasteiger partial charge is 0.504 e. The summed E-state index contributed by atoms with van der Waals surface area (Å²) in [6.45, 7) is -0.532. The summed E-state index contributed by atoms with van der Waals surface area (Å²) in [4.78, 5) is 20.4. The number of aliphatic hydroxyl groups is 1. The highest BCUT2D eigenvalue weighted by atomic mass is 16.6. The summed E-state index contributed by atoms with van der Waals surface area (Å²) in [7, 11) is 1.59. The van der Waals surface area contributed by atoms with Gasteiger partial charge in [0.25, 0.3) is 0 Å². The van der Waals surface area contributed by atoms with Gasteiger partial charge in [0.05, 0.1) is 7.11 Å². The first kappa shape index (κ1) is 17.2. The van der Waals surface area contributed by atoms with Gasteiger partial charge in [0.15, 0.2) is 18.3 Å². The van der Waals surface area contributed by atoms with Crippen LogP contribution >= 0.6 is 0 Å². The molecule has 0 aromatic heterocycles. The van der Waals surface area contributed by atoms with Gasteiger partial charge >= 0.3 is 0 Å². The van der Waals surface area contributed by atoms with Crippen molar-refractivity contribution < 1.29 is 29.3 Å². The maximum absolute atomic E-state index is 10.3. The number of aromatic hydroxyl groups is 1. The van der Waals surface area contributed by atoms with Crippen LogP contribution in [0.2, 0.25) is 0 Å². The van der Waals surface area contributed by atoms with Crippen LogP contribution in [-0.4, -0.2) is 36.7 Å². The molecule has 0 saturated heterocycles. The van der Waals surface area contributed by atoms with Gasteiger partial charge in [-0.15, -0.1) is 0 Å². The van der Waals surface area contributed by atoms with Gasteiger partial charge in [-0.25, -0.2) is 0 Å². The van der Waals surface area contributed by atoms with Gasteiger partial charge in [0, 0.05) is 11.1 Å². The Balaban J connectivity index is 0.000000224. The molecule has 22 heavy (non-hydrogen) atoms. The number of carbonyl (C=O) groups excluding carboxylic acids is 2. The summed E-state index contributed by atoms with van der Waals surface area (Å²) in [6, 6.07) is 11.1. The fourth-order valence-electron chi connectivity index (χ4n) is 1.47. The van der Waals surface area contributed by atoms with Gasteiger partial charge in [-0.3, -0.25) is 9.59 Å². The molecule has 0 heterocycles. The zero-order valence-electron chi connectivity index (χ0n) is 11.9. The third kappa shape index (κ3) is 5.26. The Morgan fingerprint density at radius 1 is 1.00 bits per heavy atom. The topological polar surface area (TPSA) is 93.1 Å². The Hall–Kier alpha value is -2.86. The molecule has 0 radical (unpaired) electrons. The van der Waals surface area contributed by atoms with Crippen LogP contribution in [0, 0.1) is 0 Å². The number of hydrogen-bond acceptors (Lipinski definition) is 6. The molecule has 2 N–H and O–H groups in total. The lowest BCUT2D eigenvalue weighted by Crippen LogP contribution is -1.95. The highest BCUT2D eigenvalue weighted by Gasteiger charge is 2.02. The van der Waals surface area contributed by atoms with Crippen LogP contribution in [0.3, 0.4) is 0 Å². The molecule has 0 aliphatic rings. The van der Waals surface area contributed by atoms with Crippen molar-refractivity contribution in [2.45, 2.75) is 0 Å². The van der Waals surface area contributed by atoms with Crippen LogP contribution in [0.1, 0.15) is 20.7 Å². The summed E-state index contributed by atoms with van der Waals surface area (Å²) in [5.41, 5.74) is 1.05. The lowest BCUT2D eigenvalue weighted by atomic mass is 10.2. The number of aliphatic hydroxyl groups excluding tert-OH is 1. The van der Waals surface area contributed by atoms with Crippen molar-refractivity contribution in [3.05, 3.63) is 53.6 Å². The van der Waals surface area contributed by atoms with Crippen molar-refractivity contribution in [1.29, 1.82) is 0 Å². The predicted molar refractivity (Wildman–Crippen MR) is 79.6 cm³/mol. The molecule has 0 aliphatic carbocycles. The van der Waals surface area contributed by atoms with E-state index in [1.807, 2.05) is 0 Å². The van der Waals surface area contributed by atoms with Crippen LogP contribution in [-0.2, 0) is 0 Å². The first-order chi connectivity index (χ1) is 10.6. The molecular weight excluding hydrogens is 288 g/mol. The first-order valence-electron chi connectivity index (χ1n) is 6.25. The van der Waals surface area contributed by atoms with E-state index in [2.05, 4.69) is 4.74 Å². The van der Waals surface area contributed by atoms with Gasteiger partial charge in [-0.05, 0) is 42.5 Å². The second-order valence-corrected chi connectivity index (χ2v) is 4.01. The quantitative estimate of drug-likeness (QED) is 0.648. The van der Waals surface area contributed by atoms with Crippen molar-refractivity contribution in [1.82, 2.24) is 0 Å². The molecule has 0 amide bonds. The van der Waals surface area contributed by atoms with Crippen molar-refractivity contribution in [3.8, 4) is 17.2 Å². The maximum Gasteiger partial charge on any atom is 0.186 e. The molecule has 0 unspecified atom stereocenters. The second-order valence-electron chi connectivity index (χ2n) is 4.01. The number of hydrogen-bond donors (Lipinski definition) is 2. The third-order valence-electron chi connectivity index (χ3n) is 2.59. The highest BCUT2D eigenvalue weighted by molar-refractivity contribution is 5.76. The zero-order valence-corrected chi connectivity index (χ0v) is 11.9. The van der Waals surface area contributed by atoms with E-state index in [0.717, 1.165) is 12.0 Å². The highest BCUT2D eigenvalue weighted by Crippen LogP contribution is 2.25. The molecule has 2 aromatic carbocycles. The van der Waals surface area contributed by atoms with Crippen molar-refractivity contribution in [3.63, 3.8) is 0 Å². The van der Waals surface area contributed by atoms with Gasteiger partial charge in [-0.1, -0.05) is 0 Å². The van der Waals surface area contributed by atoms with Crippen molar-refractivity contribution in [2.75, 3.05) is 13.9 Å². The number of ether oxygens (including phenoxy) is 2. The molecular formula is C16H16O6. The minimum Gasteiger partial charge on any atom is -0.504 e. The van der Waals surface area contributed by atoms with Crippen LogP contribution in [0.15, 0.2) is 42.5 Å². The summed E-state index contributed by atoms with van der Waals surface area (Å²) in [6.07, 6.45) is 1.43. The van der Waals surface area contributed by atoms with E-state index in [1.165, 1.54) is 18.2 Å². The Morgan fingerprint density at radius 3 is 2.09 bits per heavy atom. The molecule has 6 nitrogen and oxygen atoms in total. The van der Waals surface area contributed by atoms with Gasteiger partial charge < -0.3 is 19.7 Å². The summed E-state index contributed by atoms with van der Waals surface area (Å²) >= 11 is 0. The number of methoxy groups -OCH3 is 1. The molecule has 2 rings (SSSR count). The van der Waals surface area contributed by atoms with E-state index in [9.17, 15) is 9.59 Å². The number of rotatable bonds is 5. The lowest BCUT2D eigenvalue weighted by molar-refractivity contribution is 0.0951. The van der Waals surface area contributed by atoms with Crippen LogP contribution < -0.4 is 9.47 Å². The van der Waals surface area contributed by atoms with E-state index < -0.39 is 6.79 Å². The van der Waals surface area contributed by atoms with Gasteiger partial charge in [0.2, 0.25) is 0 Å². The Bertz CT molecular complexity index is 607. The van der Waals surface area contributed by atoms with Crippen LogP contribution in [0.25, 0.3) is 0 Å². The predicted octanol–water partition coefficient (Wildman–Crippen LogP) is 2.04. The fourth-order valence-corrected chi connectivity index (χ4v) is 1.47. The number of benzene rings is 2. The van der Waals surface area contributed by atoms with E-state index >= 15 is 0 Å². The average Bonchev–Trinajstić information content (AvgIpc) is 2.57. The van der Waals surface area contributed by atoms with Crippen molar-refractivity contribution >= 4 is 12.6 Å². The molecule has 0 saturated carbocycles. The SMILES string of the molecule is COc1ccc(C=O)cc1.O=Cc1ccc(O)c(OCO)c1. The van der Waals surface area contributed by atoms with Gasteiger partial charge in [-0.2, -0.15) is 0 Å². The van der Waals surface area contributed by atoms with E-state index in [-0.39, 0.29) is 11.5 Å². The minimum absolute atomic E-state index is 0.0992. The van der Waals surface area contributed by atoms with Crippen LogP contribution in [0.4, 0.5) is 0 Å². The number of phenolic OH excluding ortho intramolecular Hbond substituents is 1. The zero-order chi connectivity index (χ0) is 16.4. The van der Waals surface area contributed by atoms with Crippen molar-refractivity contribution in [2.24, 2.45) is 0 Å². The number of carbonyl (C=O) groups is 2. The smallest absolute Gasteiger partial charge is 0.186 e. The standard InChI is InChI=1S/C8H8O4.C8H8O2/c9-4-6-1-2-7(11)8(3-6)12-5-10;1-10-8-4-2-7(6-9)3-5-8/h1-4,10-11H,5H2;2-6H,1H3. The third-order valence-corrected chi connectivity index (χ3v) is 2.59. The molecule has 2 aromatic rings. The van der Waals surface area contributed by atoms with Crippen LogP contribution in [0.5, 0.6) is 17.2 Å². The Kier molecular flexibility index (Phi) is 7.15. The summed E-state index contributed by atoms with van der Waals surface area (Å²) in [5, 5.41) is 17.5. The normalized spacial score (nSPS) is 9.18. The number of phenols is 1. The molecule has 116 valence electrons. The second kappa shape index (κ2) is 9.15. The van der Waals surface area contributed by atoms with E-state index in [4.69, 9.17) is 14.9 Å². The minimum atomic E-state index is -0.532. The van der Waals surface area contributed by atoms with E-state index in [1.54, 1.807) is 31.4 Å². The first-order valence-corrected chi connectivity index (χ1v) is 6.25. The average molecular weight is 304 g/mol. The summed E-state index contributed by atoms with van der Waals surface area (Å²) < 4.78 is 9.52. The maximum atomic E-state index is 10.3. The van der Waals surface area contributed by atoms with Gasteiger partial charge in [0.1, 0.15) is 18.3 Å². The molecule has 0 aliphatic heterocycles.